The Labute approximate surface area is 316 Å². The van der Waals surface area contributed by atoms with Gasteiger partial charge in [-0.05, 0) is 56.8 Å². The van der Waals surface area contributed by atoms with E-state index in [1.54, 1.807) is 19.3 Å². The number of rotatable bonds is 11. The molecule has 0 radical (unpaired) electrons. The molecule has 6 aromatic rings. The van der Waals surface area contributed by atoms with Gasteiger partial charge in [-0.15, -0.1) is 0 Å². The molecule has 8 heteroatoms. The fourth-order valence-electron chi connectivity index (χ4n) is 7.22. The number of carboxylic acids is 1. The van der Waals surface area contributed by atoms with E-state index in [9.17, 15) is 9.90 Å². The second-order valence-electron chi connectivity index (χ2n) is 15.4. The largest absolute Gasteiger partial charge is 0.475 e. The van der Waals surface area contributed by atoms with Gasteiger partial charge in [0.15, 0.2) is 0 Å². The third-order valence-electron chi connectivity index (χ3n) is 9.92. The number of carboxylic acid groups (broad SMARTS) is 1. The van der Waals surface area contributed by atoms with Crippen molar-refractivity contribution < 1.29 is 27.6 Å². The first-order valence-corrected chi connectivity index (χ1v) is 21.9. The maximum absolute atomic E-state index is 11.2. The number of aromatic carboxylic acids is 1. The highest BCUT2D eigenvalue weighted by Crippen LogP contribution is 2.39. The highest BCUT2D eigenvalue weighted by atomic mass is 28.4. The van der Waals surface area contributed by atoms with Gasteiger partial charge in [0.2, 0.25) is 5.76 Å². The standard InChI is InChI=1S/C23H26O4Si.C22H26O2Si/c1-17-18(15-21(27-17)22(24)25)16-26-28(23(2,3)4,19-11-7-5-8-12-19)20-13-9-6-10-14-20;1-18-19(15-16-23-18)17-24-25(22(2,3)4,20-11-7-5-8-12-20)21-13-9-6-10-14-21/h5-15H,16H2,1-4H3,(H,24,25);5-16H,17H2,1-4H3. The van der Waals surface area contributed by atoms with Crippen LogP contribution in [0.5, 0.6) is 0 Å². The maximum atomic E-state index is 11.2. The first kappa shape index (κ1) is 39.5. The minimum absolute atomic E-state index is 0.00660. The third kappa shape index (κ3) is 8.42. The van der Waals surface area contributed by atoms with Gasteiger partial charge in [0, 0.05) is 11.1 Å². The van der Waals surface area contributed by atoms with E-state index in [0.29, 0.717) is 19.0 Å². The Morgan fingerprint density at radius 1 is 0.566 bits per heavy atom. The molecule has 276 valence electrons. The second-order valence-corrected chi connectivity index (χ2v) is 24.0. The molecule has 0 spiro atoms. The molecule has 0 amide bonds. The van der Waals surface area contributed by atoms with Crippen LogP contribution < -0.4 is 20.7 Å². The molecular weight excluding hydrogens is 693 g/mol. The van der Waals surface area contributed by atoms with E-state index in [0.717, 1.165) is 16.9 Å². The lowest BCUT2D eigenvalue weighted by atomic mass is 10.2. The van der Waals surface area contributed by atoms with Crippen LogP contribution in [0.2, 0.25) is 10.1 Å². The van der Waals surface area contributed by atoms with E-state index in [1.807, 2.05) is 49.4 Å². The number of furan rings is 2. The van der Waals surface area contributed by atoms with Gasteiger partial charge in [-0.2, -0.15) is 0 Å². The van der Waals surface area contributed by atoms with Gasteiger partial charge < -0.3 is 22.8 Å². The third-order valence-corrected chi connectivity index (χ3v) is 19.9. The van der Waals surface area contributed by atoms with E-state index in [4.69, 9.17) is 17.7 Å². The molecule has 6 rings (SSSR count). The quantitative estimate of drug-likeness (QED) is 0.133. The van der Waals surface area contributed by atoms with Gasteiger partial charge in [0.05, 0.1) is 19.5 Å². The Morgan fingerprint density at radius 3 is 1.21 bits per heavy atom. The summed E-state index contributed by atoms with van der Waals surface area (Å²) in [5, 5.41) is 14.0. The van der Waals surface area contributed by atoms with Crippen molar-refractivity contribution in [1.82, 2.24) is 0 Å². The molecule has 53 heavy (non-hydrogen) atoms. The predicted molar refractivity (Wildman–Crippen MR) is 219 cm³/mol. The summed E-state index contributed by atoms with van der Waals surface area (Å²) in [6.45, 7) is 18.1. The summed E-state index contributed by atoms with van der Waals surface area (Å²) in [6, 6.07) is 45.7. The summed E-state index contributed by atoms with van der Waals surface area (Å²) in [4.78, 5) is 11.2. The van der Waals surface area contributed by atoms with Crippen LogP contribution in [0.4, 0.5) is 0 Å². The van der Waals surface area contributed by atoms with Crippen molar-refractivity contribution >= 4 is 43.4 Å². The SMILES string of the molecule is Cc1oc(C(=O)O)cc1CO[Si](c1ccccc1)(c1ccccc1)C(C)(C)C.Cc1occc1CO[Si](c1ccccc1)(c1ccccc1)C(C)(C)C. The molecule has 0 atom stereocenters. The summed E-state index contributed by atoms with van der Waals surface area (Å²) in [7, 11) is -5.13. The minimum atomic E-state index is -2.66. The molecule has 0 aliphatic rings. The smallest absolute Gasteiger partial charge is 0.371 e. The maximum Gasteiger partial charge on any atom is 0.371 e. The van der Waals surface area contributed by atoms with Crippen molar-refractivity contribution in [2.45, 2.75) is 78.7 Å². The molecule has 4 aromatic carbocycles. The summed E-state index contributed by atoms with van der Waals surface area (Å²) >= 11 is 0. The van der Waals surface area contributed by atoms with E-state index in [1.165, 1.54) is 20.7 Å². The zero-order valence-corrected chi connectivity index (χ0v) is 34.2. The van der Waals surface area contributed by atoms with Gasteiger partial charge in [-0.25, -0.2) is 4.79 Å². The molecule has 2 heterocycles. The highest BCUT2D eigenvalue weighted by molar-refractivity contribution is 7.00. The van der Waals surface area contributed by atoms with Gasteiger partial charge >= 0.3 is 5.97 Å². The molecule has 0 bridgehead atoms. The topological polar surface area (TPSA) is 82.0 Å². The Kier molecular flexibility index (Phi) is 12.3. The van der Waals surface area contributed by atoms with Crippen molar-refractivity contribution in [3.63, 3.8) is 0 Å². The van der Waals surface area contributed by atoms with E-state index in [-0.39, 0.29) is 15.8 Å². The van der Waals surface area contributed by atoms with Crippen LogP contribution in [0.25, 0.3) is 0 Å². The second kappa shape index (κ2) is 16.5. The van der Waals surface area contributed by atoms with E-state index < -0.39 is 22.6 Å². The average molecular weight is 745 g/mol. The molecular formula is C45H52O6Si2. The minimum Gasteiger partial charge on any atom is -0.475 e. The molecule has 0 fully saturated rings. The fourth-order valence-corrected chi connectivity index (χ4v) is 16.3. The van der Waals surface area contributed by atoms with Crippen molar-refractivity contribution in [3.05, 3.63) is 168 Å². The first-order valence-electron chi connectivity index (χ1n) is 18.1. The fraction of sp³-hybridized carbons (Fsp3) is 0.267. The van der Waals surface area contributed by atoms with Crippen LogP contribution in [0.3, 0.4) is 0 Å². The zero-order chi connectivity index (χ0) is 38.3. The Hall–Kier alpha value is -4.74. The number of hydrogen-bond donors (Lipinski definition) is 1. The van der Waals surface area contributed by atoms with Gasteiger partial charge in [-0.3, -0.25) is 0 Å². The average Bonchev–Trinajstić information content (AvgIpc) is 3.74. The van der Waals surface area contributed by atoms with Crippen molar-refractivity contribution in [2.75, 3.05) is 0 Å². The van der Waals surface area contributed by atoms with Crippen LogP contribution in [0.1, 0.15) is 74.7 Å². The number of aryl methyl sites for hydroxylation is 2. The Morgan fingerprint density at radius 2 is 0.925 bits per heavy atom. The Balaban J connectivity index is 0.000000206. The van der Waals surface area contributed by atoms with Gasteiger partial charge in [0.25, 0.3) is 16.6 Å². The van der Waals surface area contributed by atoms with Crippen LogP contribution in [0.15, 0.2) is 149 Å². The lowest BCUT2D eigenvalue weighted by molar-refractivity contribution is 0.0661. The van der Waals surface area contributed by atoms with E-state index >= 15 is 0 Å². The zero-order valence-electron chi connectivity index (χ0n) is 32.2. The van der Waals surface area contributed by atoms with Crippen LogP contribution in [0, 0.1) is 13.8 Å². The molecule has 0 aliphatic heterocycles. The highest BCUT2D eigenvalue weighted by Gasteiger charge is 2.51. The van der Waals surface area contributed by atoms with Crippen molar-refractivity contribution in [3.8, 4) is 0 Å². The molecule has 0 saturated heterocycles. The molecule has 2 aromatic heterocycles. The predicted octanol–water partition coefficient (Wildman–Crippen LogP) is 9.03. The van der Waals surface area contributed by atoms with Crippen LogP contribution >= 0.6 is 0 Å². The molecule has 0 saturated carbocycles. The Bertz CT molecular complexity index is 1960. The van der Waals surface area contributed by atoms with Gasteiger partial charge in [-0.1, -0.05) is 163 Å². The summed E-state index contributed by atoms with van der Waals surface area (Å²) < 4.78 is 24.5. The normalized spacial score (nSPS) is 12.2. The lowest BCUT2D eigenvalue weighted by Gasteiger charge is -2.43. The summed E-state index contributed by atoms with van der Waals surface area (Å²) in [6.07, 6.45) is 1.74. The molecule has 0 unspecified atom stereocenters. The molecule has 1 N–H and O–H groups in total. The van der Waals surface area contributed by atoms with Gasteiger partial charge in [0.1, 0.15) is 11.5 Å². The van der Waals surface area contributed by atoms with Crippen LogP contribution in [-0.4, -0.2) is 27.7 Å². The molecule has 0 aliphatic carbocycles. The summed E-state index contributed by atoms with van der Waals surface area (Å²) in [5.74, 6) is 0.381. The van der Waals surface area contributed by atoms with E-state index in [2.05, 4.69) is 126 Å². The van der Waals surface area contributed by atoms with Crippen molar-refractivity contribution in [1.29, 1.82) is 0 Å². The molecule has 6 nitrogen and oxygen atoms in total. The van der Waals surface area contributed by atoms with Crippen molar-refractivity contribution in [2.24, 2.45) is 0 Å². The van der Waals surface area contributed by atoms with Crippen LogP contribution in [-0.2, 0) is 22.1 Å². The number of hydrogen-bond acceptors (Lipinski definition) is 5. The first-order chi connectivity index (χ1) is 25.2. The lowest BCUT2D eigenvalue weighted by Crippen LogP contribution is -2.66. The monoisotopic (exact) mass is 744 g/mol. The summed E-state index contributed by atoms with van der Waals surface area (Å²) in [5.41, 5.74) is 1.89. The number of carbonyl (C=O) groups is 1. The number of benzene rings is 4.